The summed E-state index contributed by atoms with van der Waals surface area (Å²) < 4.78 is 39.3. The molecule has 2 aromatic heterocycles. The first-order chi connectivity index (χ1) is 11.4. The molecule has 3 rings (SSSR count). The molecule has 0 spiro atoms. The van der Waals surface area contributed by atoms with Gasteiger partial charge in [-0.05, 0) is 42.2 Å². The van der Waals surface area contributed by atoms with Crippen molar-refractivity contribution in [3.05, 3.63) is 46.7 Å². The number of nitrogens with one attached hydrogen (secondary N) is 1. The molecule has 5 nitrogen and oxygen atoms in total. The van der Waals surface area contributed by atoms with Crippen LogP contribution in [0.4, 0.5) is 24.7 Å². The van der Waals surface area contributed by atoms with Gasteiger partial charge in [0, 0.05) is 16.5 Å². The van der Waals surface area contributed by atoms with Gasteiger partial charge in [0.25, 0.3) is 5.82 Å². The van der Waals surface area contributed by atoms with Crippen molar-refractivity contribution in [2.24, 2.45) is 0 Å². The van der Waals surface area contributed by atoms with Gasteiger partial charge < -0.3 is 5.32 Å². The molecule has 0 radical (unpaired) electrons. The quantitative estimate of drug-likeness (QED) is 0.734. The van der Waals surface area contributed by atoms with Crippen molar-refractivity contribution in [3.8, 4) is 0 Å². The molecule has 0 aliphatic rings. The number of halogens is 4. The maximum absolute atomic E-state index is 12.9. The fraction of sp³-hybridized carbons (Fsp3) is 0.214. The highest BCUT2D eigenvalue weighted by Crippen LogP contribution is 2.28. The van der Waals surface area contributed by atoms with Gasteiger partial charge >= 0.3 is 6.18 Å². The molecule has 0 saturated carbocycles. The van der Waals surface area contributed by atoms with Gasteiger partial charge in [0.1, 0.15) is 0 Å². The van der Waals surface area contributed by atoms with Gasteiger partial charge in [-0.2, -0.15) is 29.4 Å². The maximum atomic E-state index is 12.9. The van der Waals surface area contributed by atoms with E-state index in [-0.39, 0.29) is 11.5 Å². The van der Waals surface area contributed by atoms with Crippen LogP contribution in [0.1, 0.15) is 11.4 Å². The Hall–Kier alpha value is -2.00. The molecule has 0 amide bonds. The third-order valence-electron chi connectivity index (χ3n) is 3.13. The van der Waals surface area contributed by atoms with E-state index in [0.29, 0.717) is 15.2 Å². The smallest absolute Gasteiger partial charge is 0.339 e. The Morgan fingerprint density at radius 1 is 1.21 bits per heavy atom. The first kappa shape index (κ1) is 16.8. The van der Waals surface area contributed by atoms with Crippen molar-refractivity contribution >= 4 is 40.5 Å². The highest BCUT2D eigenvalue weighted by molar-refractivity contribution is 7.97. The third kappa shape index (κ3) is 3.41. The Kier molecular flexibility index (Phi) is 4.55. The van der Waals surface area contributed by atoms with E-state index in [1.54, 1.807) is 23.9 Å². The minimum absolute atomic E-state index is 0.0204. The number of benzene rings is 1. The lowest BCUT2D eigenvalue weighted by atomic mass is 10.2. The molecule has 0 bridgehead atoms. The summed E-state index contributed by atoms with van der Waals surface area (Å²) in [5.74, 6) is -0.199. The predicted molar refractivity (Wildman–Crippen MR) is 87.7 cm³/mol. The highest BCUT2D eigenvalue weighted by Gasteiger charge is 2.37. The lowest BCUT2D eigenvalue weighted by Crippen LogP contribution is -2.13. The summed E-state index contributed by atoms with van der Waals surface area (Å²) in [6.07, 6.45) is -2.67. The third-order valence-corrected chi connectivity index (χ3v) is 4.10. The standard InChI is InChI=1S/C14H11ClF3N5S/c1-24-7-8-6-9(2-3-10(8)15)19-11-4-5-12-20-21-13(14(16,17)18)23(12)22-11/h2-6H,7H2,1H3,(H,19,22). The molecule has 2 heterocycles. The second kappa shape index (κ2) is 6.48. The minimum Gasteiger partial charge on any atom is -0.339 e. The van der Waals surface area contributed by atoms with Crippen LogP contribution in [0.3, 0.4) is 0 Å². The van der Waals surface area contributed by atoms with Crippen LogP contribution in [0.5, 0.6) is 0 Å². The number of hydrogen-bond donors (Lipinski definition) is 1. The van der Waals surface area contributed by atoms with Gasteiger partial charge in [-0.25, -0.2) is 0 Å². The zero-order valence-electron chi connectivity index (χ0n) is 12.3. The summed E-state index contributed by atoms with van der Waals surface area (Å²) >= 11 is 7.73. The summed E-state index contributed by atoms with van der Waals surface area (Å²) in [4.78, 5) is 0. The molecular formula is C14H11ClF3N5S. The molecule has 0 fully saturated rings. The van der Waals surface area contributed by atoms with Crippen LogP contribution < -0.4 is 5.32 Å². The molecule has 0 atom stereocenters. The normalized spacial score (nSPS) is 11.9. The number of nitrogens with zero attached hydrogens (tertiary/aromatic N) is 4. The van der Waals surface area contributed by atoms with E-state index in [4.69, 9.17) is 11.6 Å². The topological polar surface area (TPSA) is 55.1 Å². The van der Waals surface area contributed by atoms with E-state index >= 15 is 0 Å². The first-order valence-electron chi connectivity index (χ1n) is 6.72. The maximum Gasteiger partial charge on any atom is 0.453 e. The lowest BCUT2D eigenvalue weighted by molar-refractivity contribution is -0.146. The number of rotatable bonds is 4. The van der Waals surface area contributed by atoms with Crippen LogP contribution in [0.15, 0.2) is 30.3 Å². The van der Waals surface area contributed by atoms with E-state index in [9.17, 15) is 13.2 Å². The summed E-state index contributed by atoms with van der Waals surface area (Å²) in [6, 6.07) is 8.24. The highest BCUT2D eigenvalue weighted by atomic mass is 35.5. The second-order valence-electron chi connectivity index (χ2n) is 4.87. The Bertz CT molecular complexity index is 880. The molecular weight excluding hydrogens is 363 g/mol. The number of alkyl halides is 3. The molecule has 126 valence electrons. The molecule has 3 aromatic rings. The average Bonchev–Trinajstić information content (AvgIpc) is 2.94. The van der Waals surface area contributed by atoms with Gasteiger partial charge in [0.05, 0.1) is 0 Å². The number of aromatic nitrogens is 4. The Morgan fingerprint density at radius 2 is 2.00 bits per heavy atom. The Labute approximate surface area is 144 Å². The first-order valence-corrected chi connectivity index (χ1v) is 8.49. The minimum atomic E-state index is -4.63. The molecule has 0 unspecified atom stereocenters. The summed E-state index contributed by atoms with van der Waals surface area (Å²) in [7, 11) is 0. The molecule has 1 aromatic carbocycles. The Balaban J connectivity index is 1.94. The van der Waals surface area contributed by atoms with Crippen molar-refractivity contribution in [3.63, 3.8) is 0 Å². The monoisotopic (exact) mass is 373 g/mol. The fourth-order valence-corrected chi connectivity index (χ4v) is 2.91. The number of thioether (sulfide) groups is 1. The van der Waals surface area contributed by atoms with Crippen LogP contribution in [0, 0.1) is 0 Å². The second-order valence-corrected chi connectivity index (χ2v) is 6.15. The van der Waals surface area contributed by atoms with Crippen molar-refractivity contribution in [2.45, 2.75) is 11.9 Å². The van der Waals surface area contributed by atoms with E-state index in [0.717, 1.165) is 11.3 Å². The van der Waals surface area contributed by atoms with Gasteiger partial charge in [0.2, 0.25) is 0 Å². The van der Waals surface area contributed by atoms with Gasteiger partial charge in [-0.1, -0.05) is 11.6 Å². The summed E-state index contributed by atoms with van der Waals surface area (Å²) in [5, 5.41) is 14.1. The van der Waals surface area contributed by atoms with Crippen molar-refractivity contribution in [1.82, 2.24) is 19.8 Å². The van der Waals surface area contributed by atoms with Gasteiger partial charge in [-0.15, -0.1) is 15.3 Å². The summed E-state index contributed by atoms with van der Waals surface area (Å²) in [5.41, 5.74) is 1.62. The lowest BCUT2D eigenvalue weighted by Gasteiger charge is -2.10. The average molecular weight is 374 g/mol. The van der Waals surface area contributed by atoms with Crippen molar-refractivity contribution < 1.29 is 13.2 Å². The van der Waals surface area contributed by atoms with E-state index in [1.165, 1.54) is 12.1 Å². The Morgan fingerprint density at radius 3 is 2.71 bits per heavy atom. The van der Waals surface area contributed by atoms with E-state index in [1.807, 2.05) is 12.3 Å². The van der Waals surface area contributed by atoms with Crippen molar-refractivity contribution in [1.29, 1.82) is 0 Å². The predicted octanol–water partition coefficient (Wildman–Crippen LogP) is 4.40. The number of anilines is 2. The summed E-state index contributed by atoms with van der Waals surface area (Å²) in [6.45, 7) is 0. The zero-order valence-corrected chi connectivity index (χ0v) is 13.9. The van der Waals surface area contributed by atoms with Gasteiger partial charge in [0.15, 0.2) is 11.5 Å². The molecule has 0 saturated heterocycles. The van der Waals surface area contributed by atoms with E-state index in [2.05, 4.69) is 20.6 Å². The SMILES string of the molecule is CSCc1cc(Nc2ccc3nnc(C(F)(F)F)n3n2)ccc1Cl. The van der Waals surface area contributed by atoms with Crippen LogP contribution in [-0.4, -0.2) is 26.1 Å². The zero-order chi connectivity index (χ0) is 17.3. The molecule has 0 aliphatic heterocycles. The largest absolute Gasteiger partial charge is 0.453 e. The van der Waals surface area contributed by atoms with Crippen LogP contribution in [-0.2, 0) is 11.9 Å². The molecule has 24 heavy (non-hydrogen) atoms. The number of hydrogen-bond acceptors (Lipinski definition) is 5. The van der Waals surface area contributed by atoms with E-state index < -0.39 is 12.0 Å². The molecule has 1 N–H and O–H groups in total. The van der Waals surface area contributed by atoms with Crippen LogP contribution in [0.2, 0.25) is 5.02 Å². The van der Waals surface area contributed by atoms with Gasteiger partial charge in [-0.3, -0.25) is 0 Å². The van der Waals surface area contributed by atoms with Crippen LogP contribution >= 0.6 is 23.4 Å². The number of fused-ring (bicyclic) bond motifs is 1. The van der Waals surface area contributed by atoms with Crippen LogP contribution in [0.25, 0.3) is 5.65 Å². The molecule has 10 heteroatoms. The fourth-order valence-electron chi connectivity index (χ4n) is 2.10. The van der Waals surface area contributed by atoms with Crippen molar-refractivity contribution in [2.75, 3.05) is 11.6 Å². The molecule has 0 aliphatic carbocycles.